The molecule has 0 radical (unpaired) electrons. The number of fused-ring (bicyclic) bond motifs is 1. The number of hydrogen-bond donors (Lipinski definition) is 1. The van der Waals surface area contributed by atoms with Gasteiger partial charge in [-0.2, -0.15) is 5.26 Å². The van der Waals surface area contributed by atoms with E-state index in [4.69, 9.17) is 5.26 Å². The summed E-state index contributed by atoms with van der Waals surface area (Å²) < 4.78 is 1.94. The third-order valence-electron chi connectivity index (χ3n) is 6.44. The number of amides is 2. The molecule has 0 spiro atoms. The van der Waals surface area contributed by atoms with E-state index in [9.17, 15) is 9.59 Å². The van der Waals surface area contributed by atoms with Crippen LogP contribution in [0.25, 0.3) is 10.8 Å². The first-order chi connectivity index (χ1) is 17.1. The first-order valence-electron chi connectivity index (χ1n) is 11.6. The summed E-state index contributed by atoms with van der Waals surface area (Å²) in [4.78, 5) is 32.0. The van der Waals surface area contributed by atoms with Crippen LogP contribution < -0.4 is 5.32 Å². The lowest BCUT2D eigenvalue weighted by Crippen LogP contribution is -2.39. The van der Waals surface area contributed by atoms with Crippen molar-refractivity contribution in [2.45, 2.75) is 25.4 Å². The molecule has 174 valence electrons. The van der Waals surface area contributed by atoms with E-state index in [1.54, 1.807) is 24.7 Å². The molecule has 4 aromatic rings. The molecule has 0 saturated carbocycles. The van der Waals surface area contributed by atoms with E-state index in [0.29, 0.717) is 30.8 Å². The van der Waals surface area contributed by atoms with Gasteiger partial charge in [-0.05, 0) is 41.0 Å². The topological polar surface area (TPSA) is 91.0 Å². The average Bonchev–Trinajstić information content (AvgIpc) is 3.53. The fourth-order valence-electron chi connectivity index (χ4n) is 4.61. The van der Waals surface area contributed by atoms with Crippen LogP contribution in [-0.2, 0) is 17.8 Å². The number of likely N-dealkylation sites (tertiary alicyclic amines) is 1. The molecule has 7 heteroatoms. The van der Waals surface area contributed by atoms with Crippen LogP contribution in [0.5, 0.6) is 0 Å². The van der Waals surface area contributed by atoms with E-state index in [1.165, 1.54) is 0 Å². The first kappa shape index (κ1) is 22.4. The number of carbonyl (C=O) groups excluding carboxylic acids is 2. The van der Waals surface area contributed by atoms with Crippen molar-refractivity contribution in [1.29, 1.82) is 5.26 Å². The average molecular weight is 464 g/mol. The normalized spacial score (nSPS) is 15.2. The molecule has 1 unspecified atom stereocenters. The van der Waals surface area contributed by atoms with E-state index in [0.717, 1.165) is 28.5 Å². The van der Waals surface area contributed by atoms with Crippen molar-refractivity contribution < 1.29 is 9.59 Å². The van der Waals surface area contributed by atoms with E-state index >= 15 is 0 Å². The number of rotatable bonds is 6. The minimum absolute atomic E-state index is 0.000887. The van der Waals surface area contributed by atoms with Gasteiger partial charge in [-0.15, -0.1) is 0 Å². The number of imidazole rings is 1. The molecule has 1 aromatic heterocycles. The van der Waals surface area contributed by atoms with E-state index in [2.05, 4.69) is 16.4 Å². The molecule has 5 rings (SSSR count). The van der Waals surface area contributed by atoms with Crippen LogP contribution >= 0.6 is 0 Å². The fraction of sp³-hybridized carbons (Fsp3) is 0.214. The lowest BCUT2D eigenvalue weighted by molar-refractivity contribution is -0.121. The van der Waals surface area contributed by atoms with Crippen molar-refractivity contribution in [1.82, 2.24) is 19.8 Å². The Morgan fingerprint density at radius 3 is 2.69 bits per heavy atom. The molecule has 0 bridgehead atoms. The van der Waals surface area contributed by atoms with Crippen LogP contribution in [0.4, 0.5) is 0 Å². The van der Waals surface area contributed by atoms with Gasteiger partial charge in [0.1, 0.15) is 0 Å². The van der Waals surface area contributed by atoms with Gasteiger partial charge < -0.3 is 14.8 Å². The SMILES string of the molecule is N#Cc1ccc(Cn2cncc2CC(=O)NC2CCN(C(=O)c3cccc4ccccc34)C2)cc1. The molecular weight excluding hydrogens is 438 g/mol. The van der Waals surface area contributed by atoms with Gasteiger partial charge in [0.25, 0.3) is 5.91 Å². The maximum absolute atomic E-state index is 13.2. The number of nitrogens with one attached hydrogen (secondary N) is 1. The minimum Gasteiger partial charge on any atom is -0.351 e. The van der Waals surface area contributed by atoms with Crippen LogP contribution in [0, 0.1) is 11.3 Å². The number of nitriles is 1. The zero-order valence-corrected chi connectivity index (χ0v) is 19.2. The fourth-order valence-corrected chi connectivity index (χ4v) is 4.61. The Morgan fingerprint density at radius 1 is 1.06 bits per heavy atom. The molecule has 2 heterocycles. The predicted octanol–water partition coefficient (Wildman–Crippen LogP) is 3.53. The number of carbonyl (C=O) groups is 2. The van der Waals surface area contributed by atoms with Gasteiger partial charge in [0, 0.05) is 43.1 Å². The van der Waals surface area contributed by atoms with Gasteiger partial charge >= 0.3 is 0 Å². The Hall–Kier alpha value is -4.44. The molecule has 1 aliphatic rings. The zero-order valence-electron chi connectivity index (χ0n) is 19.2. The molecule has 2 amide bonds. The Kier molecular flexibility index (Phi) is 6.27. The lowest BCUT2D eigenvalue weighted by Gasteiger charge is -2.18. The molecule has 3 aromatic carbocycles. The molecule has 0 aliphatic carbocycles. The molecule has 1 atom stereocenters. The van der Waals surface area contributed by atoms with Crippen molar-refractivity contribution in [3.63, 3.8) is 0 Å². The molecule has 35 heavy (non-hydrogen) atoms. The van der Waals surface area contributed by atoms with E-state index < -0.39 is 0 Å². The number of hydrogen-bond acceptors (Lipinski definition) is 4. The smallest absolute Gasteiger partial charge is 0.254 e. The summed E-state index contributed by atoms with van der Waals surface area (Å²) >= 11 is 0. The van der Waals surface area contributed by atoms with Crippen molar-refractivity contribution in [2.24, 2.45) is 0 Å². The number of benzene rings is 3. The summed E-state index contributed by atoms with van der Waals surface area (Å²) in [5.41, 5.74) is 3.15. The number of aromatic nitrogens is 2. The highest BCUT2D eigenvalue weighted by Crippen LogP contribution is 2.22. The Morgan fingerprint density at radius 2 is 1.86 bits per heavy atom. The van der Waals surface area contributed by atoms with Crippen LogP contribution in [0.3, 0.4) is 0 Å². The maximum Gasteiger partial charge on any atom is 0.254 e. The van der Waals surface area contributed by atoms with Gasteiger partial charge in [0.15, 0.2) is 0 Å². The summed E-state index contributed by atoms with van der Waals surface area (Å²) in [6, 6.07) is 23.1. The highest BCUT2D eigenvalue weighted by molar-refractivity contribution is 6.07. The monoisotopic (exact) mass is 463 g/mol. The Balaban J connectivity index is 1.19. The van der Waals surface area contributed by atoms with Gasteiger partial charge in [-0.25, -0.2) is 4.98 Å². The van der Waals surface area contributed by atoms with E-state index in [-0.39, 0.29) is 24.3 Å². The van der Waals surface area contributed by atoms with Crippen molar-refractivity contribution in [3.8, 4) is 6.07 Å². The van der Waals surface area contributed by atoms with Gasteiger partial charge in [0.2, 0.25) is 5.91 Å². The summed E-state index contributed by atoms with van der Waals surface area (Å²) in [6.45, 7) is 1.69. The van der Waals surface area contributed by atoms with E-state index in [1.807, 2.05) is 64.1 Å². The van der Waals surface area contributed by atoms with Crippen molar-refractivity contribution in [2.75, 3.05) is 13.1 Å². The minimum atomic E-state index is -0.0870. The van der Waals surface area contributed by atoms with Crippen molar-refractivity contribution in [3.05, 3.63) is 102 Å². The second-order valence-corrected chi connectivity index (χ2v) is 8.83. The lowest BCUT2D eigenvalue weighted by atomic mass is 10.0. The first-order valence-corrected chi connectivity index (χ1v) is 11.6. The van der Waals surface area contributed by atoms with Gasteiger partial charge in [0.05, 0.1) is 24.4 Å². The summed E-state index contributed by atoms with van der Waals surface area (Å²) in [7, 11) is 0. The second-order valence-electron chi connectivity index (χ2n) is 8.83. The zero-order chi connectivity index (χ0) is 24.2. The molecule has 1 fully saturated rings. The molecule has 1 N–H and O–H groups in total. The van der Waals surface area contributed by atoms with Crippen LogP contribution in [0.15, 0.2) is 79.3 Å². The molecular formula is C28H25N5O2. The van der Waals surface area contributed by atoms with Gasteiger partial charge in [-0.3, -0.25) is 9.59 Å². The number of nitrogens with zero attached hydrogens (tertiary/aromatic N) is 4. The summed E-state index contributed by atoms with van der Waals surface area (Å²) in [5.74, 6) is -0.0879. The highest BCUT2D eigenvalue weighted by Gasteiger charge is 2.28. The van der Waals surface area contributed by atoms with Crippen LogP contribution in [-0.4, -0.2) is 45.4 Å². The third kappa shape index (κ3) is 4.92. The maximum atomic E-state index is 13.2. The summed E-state index contributed by atoms with van der Waals surface area (Å²) in [5, 5.41) is 14.0. The third-order valence-corrected chi connectivity index (χ3v) is 6.44. The second kappa shape index (κ2) is 9.82. The standard InChI is InChI=1S/C28H25N5O2/c29-15-20-8-10-21(11-9-20)17-33-19-30-16-24(33)14-27(34)31-23-12-13-32(18-23)28(35)26-7-3-5-22-4-1-2-6-25(22)26/h1-11,16,19,23H,12-14,17-18H2,(H,31,34). The van der Waals surface area contributed by atoms with Crippen LogP contribution in [0.1, 0.15) is 33.6 Å². The Labute approximate surface area is 203 Å². The summed E-state index contributed by atoms with van der Waals surface area (Å²) in [6.07, 6.45) is 4.35. The quantitative estimate of drug-likeness (QED) is 0.474. The molecule has 1 saturated heterocycles. The largest absolute Gasteiger partial charge is 0.351 e. The highest BCUT2D eigenvalue weighted by atomic mass is 16.2. The van der Waals surface area contributed by atoms with Crippen molar-refractivity contribution >= 4 is 22.6 Å². The van der Waals surface area contributed by atoms with Gasteiger partial charge in [-0.1, -0.05) is 48.5 Å². The van der Waals surface area contributed by atoms with Crippen LogP contribution in [0.2, 0.25) is 0 Å². The molecule has 7 nitrogen and oxygen atoms in total. The predicted molar refractivity (Wildman–Crippen MR) is 133 cm³/mol. The molecule has 1 aliphatic heterocycles. The Bertz CT molecular complexity index is 1410.